The first-order valence-electron chi connectivity index (χ1n) is 7.37. The summed E-state index contributed by atoms with van der Waals surface area (Å²) in [5, 5.41) is 7.33. The molecule has 1 aromatic heterocycles. The van der Waals surface area contributed by atoms with Crippen molar-refractivity contribution in [3.05, 3.63) is 52.8 Å². The van der Waals surface area contributed by atoms with Crippen molar-refractivity contribution in [3.63, 3.8) is 0 Å². The zero-order valence-electron chi connectivity index (χ0n) is 13.0. The van der Waals surface area contributed by atoms with E-state index in [-0.39, 0.29) is 5.91 Å². The van der Waals surface area contributed by atoms with Gasteiger partial charge in [-0.05, 0) is 32.3 Å². The molecule has 0 aliphatic rings. The highest BCUT2D eigenvalue weighted by Gasteiger charge is 2.12. The van der Waals surface area contributed by atoms with Crippen LogP contribution in [-0.4, -0.2) is 22.2 Å². The van der Waals surface area contributed by atoms with Crippen molar-refractivity contribution < 1.29 is 4.79 Å². The Labute approximate surface area is 126 Å². The fourth-order valence-electron chi connectivity index (χ4n) is 2.46. The van der Waals surface area contributed by atoms with Crippen LogP contribution in [-0.2, 0) is 24.7 Å². The van der Waals surface area contributed by atoms with E-state index in [2.05, 4.69) is 22.5 Å². The molecule has 0 fully saturated rings. The fourth-order valence-corrected chi connectivity index (χ4v) is 2.46. The van der Waals surface area contributed by atoms with Crippen molar-refractivity contribution in [2.75, 3.05) is 6.54 Å². The van der Waals surface area contributed by atoms with Crippen LogP contribution in [0.1, 0.15) is 28.9 Å². The predicted molar refractivity (Wildman–Crippen MR) is 84.2 cm³/mol. The van der Waals surface area contributed by atoms with Gasteiger partial charge in [0.2, 0.25) is 5.91 Å². The third kappa shape index (κ3) is 4.18. The van der Waals surface area contributed by atoms with E-state index in [0.29, 0.717) is 13.0 Å². The topological polar surface area (TPSA) is 46.9 Å². The van der Waals surface area contributed by atoms with Crippen LogP contribution >= 0.6 is 0 Å². The zero-order valence-corrected chi connectivity index (χ0v) is 13.0. The third-order valence-corrected chi connectivity index (χ3v) is 3.80. The molecule has 4 nitrogen and oxygen atoms in total. The molecule has 1 heterocycles. The van der Waals surface area contributed by atoms with E-state index >= 15 is 0 Å². The standard InChI is InChI=1S/C17H23N3O/c1-13-16(14(2)20(3)19-13)12-17(21)18-11-7-10-15-8-5-4-6-9-15/h4-6,8-9H,7,10-12H2,1-3H3,(H,18,21). The Morgan fingerprint density at radius 3 is 2.57 bits per heavy atom. The lowest BCUT2D eigenvalue weighted by Crippen LogP contribution is -2.26. The van der Waals surface area contributed by atoms with Crippen molar-refractivity contribution >= 4 is 5.91 Å². The molecule has 1 aromatic carbocycles. The molecule has 2 rings (SSSR count). The van der Waals surface area contributed by atoms with E-state index in [1.807, 2.05) is 43.8 Å². The van der Waals surface area contributed by atoms with Gasteiger partial charge in [-0.25, -0.2) is 0 Å². The lowest BCUT2D eigenvalue weighted by Gasteiger charge is -2.06. The molecule has 0 bridgehead atoms. The van der Waals surface area contributed by atoms with Crippen molar-refractivity contribution in [3.8, 4) is 0 Å². The lowest BCUT2D eigenvalue weighted by atomic mass is 10.1. The summed E-state index contributed by atoms with van der Waals surface area (Å²) in [7, 11) is 1.91. The molecule has 1 amide bonds. The zero-order chi connectivity index (χ0) is 15.2. The largest absolute Gasteiger partial charge is 0.356 e. The maximum absolute atomic E-state index is 12.0. The molecule has 0 saturated heterocycles. The summed E-state index contributed by atoms with van der Waals surface area (Å²) >= 11 is 0. The Morgan fingerprint density at radius 2 is 1.95 bits per heavy atom. The number of benzene rings is 1. The number of aromatic nitrogens is 2. The number of carbonyl (C=O) groups is 1. The molecule has 0 radical (unpaired) electrons. The van der Waals surface area contributed by atoms with Crippen LogP contribution < -0.4 is 5.32 Å². The minimum absolute atomic E-state index is 0.0715. The van der Waals surface area contributed by atoms with Crippen LogP contribution in [0.4, 0.5) is 0 Å². The van der Waals surface area contributed by atoms with Crippen LogP contribution in [0, 0.1) is 13.8 Å². The summed E-state index contributed by atoms with van der Waals surface area (Å²) in [6.07, 6.45) is 2.36. The van der Waals surface area contributed by atoms with Crippen molar-refractivity contribution in [1.29, 1.82) is 0 Å². The summed E-state index contributed by atoms with van der Waals surface area (Å²) < 4.78 is 1.83. The maximum atomic E-state index is 12.0. The Hall–Kier alpha value is -2.10. The minimum atomic E-state index is 0.0715. The van der Waals surface area contributed by atoms with E-state index in [9.17, 15) is 4.79 Å². The molecule has 2 aromatic rings. The number of nitrogens with zero attached hydrogens (tertiary/aromatic N) is 2. The second-order valence-corrected chi connectivity index (χ2v) is 5.39. The number of hydrogen-bond donors (Lipinski definition) is 1. The van der Waals surface area contributed by atoms with E-state index < -0.39 is 0 Å². The van der Waals surface area contributed by atoms with Gasteiger partial charge in [-0.2, -0.15) is 5.10 Å². The second-order valence-electron chi connectivity index (χ2n) is 5.39. The van der Waals surface area contributed by atoms with Gasteiger partial charge in [0.05, 0.1) is 12.1 Å². The molecule has 0 aliphatic carbocycles. The number of amides is 1. The highest BCUT2D eigenvalue weighted by atomic mass is 16.1. The molecule has 0 unspecified atom stereocenters. The predicted octanol–water partition coefficient (Wildman–Crippen LogP) is 2.33. The van der Waals surface area contributed by atoms with Crippen LogP contribution in [0.15, 0.2) is 30.3 Å². The first kappa shape index (κ1) is 15.3. The van der Waals surface area contributed by atoms with Gasteiger partial charge in [0.15, 0.2) is 0 Å². The van der Waals surface area contributed by atoms with E-state index in [0.717, 1.165) is 29.8 Å². The van der Waals surface area contributed by atoms with Gasteiger partial charge in [0, 0.05) is 24.8 Å². The molecule has 0 saturated carbocycles. The average Bonchev–Trinajstić information content (AvgIpc) is 2.71. The normalized spacial score (nSPS) is 10.6. The van der Waals surface area contributed by atoms with E-state index in [4.69, 9.17) is 0 Å². The Balaban J connectivity index is 1.75. The van der Waals surface area contributed by atoms with Crippen LogP contribution in [0.25, 0.3) is 0 Å². The molecule has 4 heteroatoms. The summed E-state index contributed by atoms with van der Waals surface area (Å²) in [5.41, 5.74) is 4.35. The molecule has 0 spiro atoms. The van der Waals surface area contributed by atoms with Gasteiger partial charge in [-0.1, -0.05) is 30.3 Å². The van der Waals surface area contributed by atoms with Crippen molar-refractivity contribution in [1.82, 2.24) is 15.1 Å². The highest BCUT2D eigenvalue weighted by Crippen LogP contribution is 2.12. The molecule has 21 heavy (non-hydrogen) atoms. The smallest absolute Gasteiger partial charge is 0.224 e. The molecule has 0 aliphatic heterocycles. The molecule has 1 N–H and O–H groups in total. The van der Waals surface area contributed by atoms with Gasteiger partial charge in [-0.3, -0.25) is 9.48 Å². The van der Waals surface area contributed by atoms with Crippen molar-refractivity contribution in [2.24, 2.45) is 7.05 Å². The monoisotopic (exact) mass is 285 g/mol. The Morgan fingerprint density at radius 1 is 1.24 bits per heavy atom. The summed E-state index contributed by atoms with van der Waals surface area (Å²) in [6.45, 7) is 4.66. The van der Waals surface area contributed by atoms with Gasteiger partial charge in [0.25, 0.3) is 0 Å². The highest BCUT2D eigenvalue weighted by molar-refractivity contribution is 5.79. The first-order chi connectivity index (χ1) is 10.1. The van der Waals surface area contributed by atoms with Gasteiger partial charge in [-0.15, -0.1) is 0 Å². The van der Waals surface area contributed by atoms with Gasteiger partial charge < -0.3 is 5.32 Å². The Bertz CT molecular complexity index is 602. The van der Waals surface area contributed by atoms with E-state index in [1.54, 1.807) is 0 Å². The lowest BCUT2D eigenvalue weighted by molar-refractivity contribution is -0.120. The van der Waals surface area contributed by atoms with Crippen LogP contribution in [0.5, 0.6) is 0 Å². The van der Waals surface area contributed by atoms with Crippen LogP contribution in [0.2, 0.25) is 0 Å². The fraction of sp³-hybridized carbons (Fsp3) is 0.412. The summed E-state index contributed by atoms with van der Waals surface area (Å²) in [4.78, 5) is 12.0. The molecular formula is C17H23N3O. The quantitative estimate of drug-likeness (QED) is 0.828. The minimum Gasteiger partial charge on any atom is -0.356 e. The Kier molecular flexibility index (Phi) is 5.14. The maximum Gasteiger partial charge on any atom is 0.224 e. The second kappa shape index (κ2) is 7.07. The number of hydrogen-bond acceptors (Lipinski definition) is 2. The molecule has 112 valence electrons. The number of carbonyl (C=O) groups excluding carboxylic acids is 1. The third-order valence-electron chi connectivity index (χ3n) is 3.80. The van der Waals surface area contributed by atoms with Gasteiger partial charge >= 0.3 is 0 Å². The number of nitrogens with one attached hydrogen (secondary N) is 1. The summed E-state index contributed by atoms with van der Waals surface area (Å²) in [5.74, 6) is 0.0715. The molecule has 0 atom stereocenters. The summed E-state index contributed by atoms with van der Waals surface area (Å²) in [6, 6.07) is 10.3. The SMILES string of the molecule is Cc1nn(C)c(C)c1CC(=O)NCCCc1ccccc1. The van der Waals surface area contributed by atoms with Crippen LogP contribution in [0.3, 0.4) is 0 Å². The number of aryl methyl sites for hydroxylation is 3. The van der Waals surface area contributed by atoms with E-state index in [1.165, 1.54) is 5.56 Å². The van der Waals surface area contributed by atoms with Crippen molar-refractivity contribution in [2.45, 2.75) is 33.1 Å². The average molecular weight is 285 g/mol. The van der Waals surface area contributed by atoms with Gasteiger partial charge in [0.1, 0.15) is 0 Å². The first-order valence-corrected chi connectivity index (χ1v) is 7.37. The molecular weight excluding hydrogens is 262 g/mol. The number of rotatable bonds is 6.